The van der Waals surface area contributed by atoms with Crippen molar-refractivity contribution in [3.05, 3.63) is 29.6 Å². The van der Waals surface area contributed by atoms with E-state index < -0.39 is 5.82 Å². The van der Waals surface area contributed by atoms with Gasteiger partial charge in [0.1, 0.15) is 5.82 Å². The molecule has 1 amide bonds. The van der Waals surface area contributed by atoms with Crippen LogP contribution in [0.1, 0.15) is 10.4 Å². The van der Waals surface area contributed by atoms with Gasteiger partial charge in [-0.3, -0.25) is 9.79 Å². The maximum Gasteiger partial charge on any atom is 0.253 e. The van der Waals surface area contributed by atoms with E-state index in [1.165, 1.54) is 19.2 Å². The highest BCUT2D eigenvalue weighted by molar-refractivity contribution is 5.99. The zero-order chi connectivity index (χ0) is 9.84. The fraction of sp³-hybridized carbons (Fsp3) is 0.111. The molecular formula is C9H9FN2O. The molecule has 68 valence electrons. The Bertz CT molecular complexity index is 349. The lowest BCUT2D eigenvalue weighted by Crippen LogP contribution is -2.18. The minimum atomic E-state index is -0.467. The molecule has 1 N–H and O–H groups in total. The summed E-state index contributed by atoms with van der Waals surface area (Å²) in [6.45, 7) is 3.29. The first kappa shape index (κ1) is 9.38. The highest BCUT2D eigenvalue weighted by Gasteiger charge is 2.09. The van der Waals surface area contributed by atoms with Crippen LogP contribution < -0.4 is 5.32 Å². The Morgan fingerprint density at radius 2 is 2.31 bits per heavy atom. The molecule has 1 rings (SSSR count). The summed E-state index contributed by atoms with van der Waals surface area (Å²) in [5.74, 6) is -0.840. The van der Waals surface area contributed by atoms with Gasteiger partial charge in [0.25, 0.3) is 5.91 Å². The van der Waals surface area contributed by atoms with Gasteiger partial charge < -0.3 is 5.32 Å². The third-order valence-corrected chi connectivity index (χ3v) is 1.60. The largest absolute Gasteiger partial charge is 0.355 e. The van der Waals surface area contributed by atoms with Crippen molar-refractivity contribution in [3.63, 3.8) is 0 Å². The Labute approximate surface area is 75.3 Å². The van der Waals surface area contributed by atoms with Crippen LogP contribution in [0.4, 0.5) is 10.1 Å². The molecule has 0 fully saturated rings. The molecule has 4 heteroatoms. The Morgan fingerprint density at radius 1 is 1.62 bits per heavy atom. The van der Waals surface area contributed by atoms with Crippen molar-refractivity contribution >= 4 is 18.3 Å². The molecule has 3 nitrogen and oxygen atoms in total. The summed E-state index contributed by atoms with van der Waals surface area (Å²) in [6, 6.07) is 3.77. The van der Waals surface area contributed by atoms with Crippen molar-refractivity contribution < 1.29 is 9.18 Å². The topological polar surface area (TPSA) is 41.5 Å². The SMILES string of the molecule is C=Nc1ccc(F)cc1C(=O)NC. The molecule has 0 atom stereocenters. The van der Waals surface area contributed by atoms with Gasteiger partial charge in [-0.1, -0.05) is 0 Å². The van der Waals surface area contributed by atoms with E-state index in [2.05, 4.69) is 17.0 Å². The summed E-state index contributed by atoms with van der Waals surface area (Å²) in [5, 5.41) is 2.39. The first-order valence-corrected chi connectivity index (χ1v) is 3.67. The predicted molar refractivity (Wildman–Crippen MR) is 49.0 cm³/mol. The van der Waals surface area contributed by atoms with Crippen molar-refractivity contribution in [2.75, 3.05) is 7.05 Å². The van der Waals surface area contributed by atoms with Gasteiger partial charge >= 0.3 is 0 Å². The highest BCUT2D eigenvalue weighted by Crippen LogP contribution is 2.19. The third kappa shape index (κ3) is 1.90. The Hall–Kier alpha value is -1.71. The van der Waals surface area contributed by atoms with Crippen molar-refractivity contribution in [1.29, 1.82) is 0 Å². The third-order valence-electron chi connectivity index (χ3n) is 1.60. The van der Waals surface area contributed by atoms with Gasteiger partial charge in [0.2, 0.25) is 0 Å². The molecule has 0 aromatic heterocycles. The predicted octanol–water partition coefficient (Wildman–Crippen LogP) is 1.52. The van der Waals surface area contributed by atoms with E-state index in [0.29, 0.717) is 5.69 Å². The molecule has 0 saturated heterocycles. The minimum Gasteiger partial charge on any atom is -0.355 e. The first-order chi connectivity index (χ1) is 6.19. The van der Waals surface area contributed by atoms with Gasteiger partial charge in [-0.15, -0.1) is 0 Å². The minimum absolute atomic E-state index is 0.192. The van der Waals surface area contributed by atoms with E-state index in [1.807, 2.05) is 0 Å². The monoisotopic (exact) mass is 180 g/mol. The second kappa shape index (κ2) is 3.80. The molecule has 0 heterocycles. The summed E-state index contributed by atoms with van der Waals surface area (Å²) in [4.78, 5) is 14.8. The molecule has 0 aliphatic heterocycles. The van der Waals surface area contributed by atoms with Crippen molar-refractivity contribution in [1.82, 2.24) is 5.32 Å². The summed E-state index contributed by atoms with van der Waals surface area (Å²) in [5.41, 5.74) is 0.568. The van der Waals surface area contributed by atoms with Crippen LogP contribution in [0.15, 0.2) is 23.2 Å². The van der Waals surface area contributed by atoms with Gasteiger partial charge in [-0.25, -0.2) is 4.39 Å². The number of aliphatic imine (C=N–C) groups is 1. The van der Waals surface area contributed by atoms with Crippen LogP contribution in [-0.4, -0.2) is 19.7 Å². The number of hydrogen-bond donors (Lipinski definition) is 1. The van der Waals surface area contributed by atoms with E-state index in [0.717, 1.165) is 6.07 Å². The van der Waals surface area contributed by atoms with E-state index in [4.69, 9.17) is 0 Å². The Kier molecular flexibility index (Phi) is 2.74. The highest BCUT2D eigenvalue weighted by atomic mass is 19.1. The Morgan fingerprint density at radius 3 is 2.85 bits per heavy atom. The lowest BCUT2D eigenvalue weighted by molar-refractivity contribution is 0.0963. The lowest BCUT2D eigenvalue weighted by Gasteiger charge is -2.03. The van der Waals surface area contributed by atoms with Crippen LogP contribution >= 0.6 is 0 Å². The molecule has 1 aromatic rings. The summed E-state index contributed by atoms with van der Waals surface area (Å²) in [7, 11) is 1.47. The van der Waals surface area contributed by atoms with E-state index in [-0.39, 0.29) is 11.5 Å². The normalized spacial score (nSPS) is 9.38. The van der Waals surface area contributed by atoms with E-state index >= 15 is 0 Å². The molecule has 1 aromatic carbocycles. The summed E-state index contributed by atoms with van der Waals surface area (Å²) in [6.07, 6.45) is 0. The molecule has 0 bridgehead atoms. The van der Waals surface area contributed by atoms with Gasteiger partial charge in [0, 0.05) is 7.05 Å². The quantitative estimate of drug-likeness (QED) is 0.689. The van der Waals surface area contributed by atoms with Gasteiger partial charge in [0.05, 0.1) is 11.3 Å². The second-order valence-electron chi connectivity index (χ2n) is 2.40. The van der Waals surface area contributed by atoms with Crippen LogP contribution in [0.3, 0.4) is 0 Å². The van der Waals surface area contributed by atoms with Crippen LogP contribution in [0.25, 0.3) is 0 Å². The molecule has 0 spiro atoms. The maximum atomic E-state index is 12.7. The van der Waals surface area contributed by atoms with E-state index in [1.54, 1.807) is 0 Å². The van der Waals surface area contributed by atoms with Crippen molar-refractivity contribution in [3.8, 4) is 0 Å². The molecular weight excluding hydrogens is 171 g/mol. The van der Waals surface area contributed by atoms with Crippen molar-refractivity contribution in [2.45, 2.75) is 0 Å². The summed E-state index contributed by atoms with van der Waals surface area (Å²) < 4.78 is 12.7. The van der Waals surface area contributed by atoms with Gasteiger partial charge in [-0.05, 0) is 24.9 Å². The number of benzene rings is 1. The number of rotatable bonds is 2. The smallest absolute Gasteiger partial charge is 0.253 e. The van der Waals surface area contributed by atoms with Crippen LogP contribution in [0.5, 0.6) is 0 Å². The first-order valence-electron chi connectivity index (χ1n) is 3.67. The number of nitrogens with one attached hydrogen (secondary N) is 1. The van der Waals surface area contributed by atoms with Gasteiger partial charge in [-0.2, -0.15) is 0 Å². The van der Waals surface area contributed by atoms with Crippen molar-refractivity contribution in [2.24, 2.45) is 4.99 Å². The second-order valence-corrected chi connectivity index (χ2v) is 2.40. The van der Waals surface area contributed by atoms with Crippen LogP contribution in [0, 0.1) is 5.82 Å². The molecule has 13 heavy (non-hydrogen) atoms. The average molecular weight is 180 g/mol. The van der Waals surface area contributed by atoms with E-state index in [9.17, 15) is 9.18 Å². The van der Waals surface area contributed by atoms with Crippen LogP contribution in [0.2, 0.25) is 0 Å². The standard InChI is InChI=1S/C9H9FN2O/c1-11-8-4-3-6(10)5-7(8)9(13)12-2/h3-5H,1H2,2H3,(H,12,13). The number of carbonyl (C=O) groups is 1. The molecule has 0 radical (unpaired) electrons. The number of amides is 1. The number of halogens is 1. The van der Waals surface area contributed by atoms with Crippen LogP contribution in [-0.2, 0) is 0 Å². The van der Waals surface area contributed by atoms with Gasteiger partial charge in [0.15, 0.2) is 0 Å². The zero-order valence-electron chi connectivity index (χ0n) is 7.17. The Balaban J connectivity index is 3.23. The fourth-order valence-electron chi connectivity index (χ4n) is 0.963. The molecule has 0 saturated carbocycles. The number of nitrogens with zero attached hydrogens (tertiary/aromatic N) is 1. The molecule has 0 aliphatic rings. The lowest BCUT2D eigenvalue weighted by atomic mass is 10.1. The molecule has 0 unspecified atom stereocenters. The zero-order valence-corrected chi connectivity index (χ0v) is 7.17. The average Bonchev–Trinajstić information content (AvgIpc) is 2.16. The molecule has 0 aliphatic carbocycles. The summed E-state index contributed by atoms with van der Waals surface area (Å²) >= 11 is 0. The fourth-order valence-corrected chi connectivity index (χ4v) is 0.963. The number of carbonyl (C=O) groups excluding carboxylic acids is 1. The maximum absolute atomic E-state index is 12.7. The number of hydrogen-bond acceptors (Lipinski definition) is 2.